The highest BCUT2D eigenvalue weighted by Crippen LogP contribution is 2.42. The van der Waals surface area contributed by atoms with Gasteiger partial charge in [0.1, 0.15) is 23.1 Å². The molecule has 8 nitrogen and oxygen atoms in total. The SMILES string of the molecule is Cc1cccc(C)c1B1N(C)c2cnc(-n3c4ccccc4c4ccc(Oc5ccc6c(c5)-c5nccn5B(c5c(C)cccc5C)N6C)cc43)cc2N1C. The number of ether oxygens (including phenoxy) is 1. The van der Waals surface area contributed by atoms with Crippen LogP contribution in [0.5, 0.6) is 11.5 Å². The molecular weight excluding hydrogens is 676 g/mol. The van der Waals surface area contributed by atoms with Crippen LogP contribution in [0.3, 0.4) is 0 Å². The summed E-state index contributed by atoms with van der Waals surface area (Å²) in [6.07, 6.45) is 6.00. The lowest BCUT2D eigenvalue weighted by Crippen LogP contribution is -2.56. The van der Waals surface area contributed by atoms with E-state index in [9.17, 15) is 0 Å². The predicted molar refractivity (Wildman–Crippen MR) is 230 cm³/mol. The zero-order valence-electron chi connectivity index (χ0n) is 32.2. The summed E-state index contributed by atoms with van der Waals surface area (Å²) in [5.74, 6) is 3.31. The Morgan fingerprint density at radius 3 is 1.91 bits per heavy atom. The molecule has 0 fully saturated rings. The fourth-order valence-electron chi connectivity index (χ4n) is 9.32. The first kappa shape index (κ1) is 33.2. The predicted octanol–water partition coefficient (Wildman–Crippen LogP) is 8.04. The van der Waals surface area contributed by atoms with Crippen LogP contribution in [0.25, 0.3) is 39.0 Å². The summed E-state index contributed by atoms with van der Waals surface area (Å²) in [6, 6.07) is 36.6. The van der Waals surface area contributed by atoms with Crippen molar-refractivity contribution in [3.05, 3.63) is 144 Å². The Hall–Kier alpha value is -6.41. The second-order valence-corrected chi connectivity index (χ2v) is 15.2. The van der Waals surface area contributed by atoms with E-state index in [-0.39, 0.29) is 14.0 Å². The van der Waals surface area contributed by atoms with Gasteiger partial charge in [-0.1, -0.05) is 76.9 Å². The fraction of sp³-hybridized carbons (Fsp3) is 0.156. The molecule has 0 amide bonds. The Kier molecular flexibility index (Phi) is 7.43. The molecule has 268 valence electrons. The number of aryl methyl sites for hydroxylation is 4. The average Bonchev–Trinajstić information content (AvgIpc) is 3.86. The number of fused-ring (bicyclic) bond motifs is 7. The molecule has 0 atom stereocenters. The molecule has 10 rings (SSSR count). The number of hydrogen-bond donors (Lipinski definition) is 0. The van der Waals surface area contributed by atoms with E-state index in [4.69, 9.17) is 14.7 Å². The molecule has 8 aromatic rings. The van der Waals surface area contributed by atoms with Crippen LogP contribution in [0.4, 0.5) is 17.1 Å². The third-order valence-corrected chi connectivity index (χ3v) is 11.9. The molecular formula is C45H41B2N7O. The van der Waals surface area contributed by atoms with Crippen LogP contribution in [0, 0.1) is 27.7 Å². The number of anilines is 3. The maximum atomic E-state index is 6.70. The first-order valence-corrected chi connectivity index (χ1v) is 18.9. The number of para-hydroxylation sites is 1. The Bertz CT molecular complexity index is 2800. The molecule has 0 spiro atoms. The van der Waals surface area contributed by atoms with Crippen molar-refractivity contribution in [1.82, 2.24) is 19.0 Å². The molecule has 0 N–H and O–H groups in total. The third kappa shape index (κ3) is 4.93. The van der Waals surface area contributed by atoms with Crippen molar-refractivity contribution in [2.75, 3.05) is 35.6 Å². The van der Waals surface area contributed by atoms with Crippen molar-refractivity contribution in [1.29, 1.82) is 0 Å². The van der Waals surface area contributed by atoms with Gasteiger partial charge in [0.15, 0.2) is 0 Å². The number of rotatable bonds is 5. The van der Waals surface area contributed by atoms with Gasteiger partial charge in [0.25, 0.3) is 0 Å². The smallest absolute Gasteiger partial charge is 0.417 e. The van der Waals surface area contributed by atoms with Gasteiger partial charge in [-0.15, -0.1) is 0 Å². The molecule has 5 aromatic carbocycles. The van der Waals surface area contributed by atoms with E-state index in [2.05, 4.69) is 182 Å². The summed E-state index contributed by atoms with van der Waals surface area (Å²) in [7, 11) is 6.52. The van der Waals surface area contributed by atoms with Gasteiger partial charge in [-0.05, 0) is 96.2 Å². The molecule has 0 saturated carbocycles. The molecule has 0 unspecified atom stereocenters. The van der Waals surface area contributed by atoms with E-state index in [1.165, 1.54) is 38.6 Å². The first-order valence-electron chi connectivity index (χ1n) is 18.9. The van der Waals surface area contributed by atoms with Crippen molar-refractivity contribution in [3.63, 3.8) is 0 Å². The minimum absolute atomic E-state index is 0.00719. The summed E-state index contributed by atoms with van der Waals surface area (Å²) in [6.45, 7) is 8.88. The number of benzene rings is 5. The Labute approximate surface area is 322 Å². The van der Waals surface area contributed by atoms with Crippen LogP contribution >= 0.6 is 0 Å². The van der Waals surface area contributed by atoms with Crippen molar-refractivity contribution < 1.29 is 4.74 Å². The summed E-state index contributed by atoms with van der Waals surface area (Å²) < 4.78 is 11.2. The van der Waals surface area contributed by atoms with Crippen LogP contribution < -0.4 is 30.1 Å². The summed E-state index contributed by atoms with van der Waals surface area (Å²) >= 11 is 0. The van der Waals surface area contributed by atoms with Crippen LogP contribution in [0.2, 0.25) is 0 Å². The topological polar surface area (TPSA) is 54.6 Å². The van der Waals surface area contributed by atoms with Crippen LogP contribution in [0.1, 0.15) is 22.3 Å². The first-order chi connectivity index (χ1) is 26.7. The standard InChI is InChI=1S/C45H41B2N7O/c1-28-12-10-13-29(2)43(28)46-51(6)40-26-42(49-27-41(40)52(46)7)54-38-17-9-8-16-34(38)35-20-18-33(25-39(35)54)55-32-19-21-37-36(24-32)45-48-22-23-53(45)47(50(37)5)44-30(3)14-11-15-31(44)4/h8-27H,1-7H3. The van der Waals surface area contributed by atoms with Crippen LogP contribution in [-0.2, 0) is 0 Å². The van der Waals surface area contributed by atoms with Gasteiger partial charge in [0, 0.05) is 46.5 Å². The number of aromatic nitrogens is 4. The number of pyridine rings is 1. The number of hydrogen-bond acceptors (Lipinski definition) is 6. The summed E-state index contributed by atoms with van der Waals surface area (Å²) in [4.78, 5) is 17.0. The van der Waals surface area contributed by atoms with Gasteiger partial charge in [0.2, 0.25) is 0 Å². The second-order valence-electron chi connectivity index (χ2n) is 15.2. The van der Waals surface area contributed by atoms with Gasteiger partial charge in [-0.25, -0.2) is 9.97 Å². The molecule has 3 aromatic heterocycles. The van der Waals surface area contributed by atoms with E-state index in [0.29, 0.717) is 0 Å². The highest BCUT2D eigenvalue weighted by Gasteiger charge is 2.40. The molecule has 10 heteroatoms. The number of imidazole rings is 1. The second kappa shape index (κ2) is 12.3. The number of nitrogens with zero attached hydrogens (tertiary/aromatic N) is 7. The minimum atomic E-state index is 0.00719. The van der Waals surface area contributed by atoms with Crippen molar-refractivity contribution in [2.24, 2.45) is 0 Å². The summed E-state index contributed by atoms with van der Waals surface area (Å²) in [5.41, 5.74) is 14.3. The van der Waals surface area contributed by atoms with Gasteiger partial charge >= 0.3 is 14.0 Å². The zero-order valence-corrected chi connectivity index (χ0v) is 32.2. The largest absolute Gasteiger partial charge is 0.457 e. The van der Waals surface area contributed by atoms with E-state index < -0.39 is 0 Å². The normalized spacial score (nSPS) is 13.5. The van der Waals surface area contributed by atoms with Crippen molar-refractivity contribution in [2.45, 2.75) is 27.7 Å². The van der Waals surface area contributed by atoms with Crippen LogP contribution in [0.15, 0.2) is 122 Å². The van der Waals surface area contributed by atoms with Crippen molar-refractivity contribution in [3.8, 4) is 28.7 Å². The average molecular weight is 717 g/mol. The Morgan fingerprint density at radius 2 is 1.16 bits per heavy atom. The van der Waals surface area contributed by atoms with E-state index >= 15 is 0 Å². The Balaban J connectivity index is 1.03. The monoisotopic (exact) mass is 717 g/mol. The third-order valence-electron chi connectivity index (χ3n) is 11.9. The molecule has 0 bridgehead atoms. The minimum Gasteiger partial charge on any atom is -0.457 e. The maximum Gasteiger partial charge on any atom is 0.417 e. The molecule has 2 aliphatic heterocycles. The van der Waals surface area contributed by atoms with Gasteiger partial charge in [-0.3, -0.25) is 4.57 Å². The molecule has 0 saturated heterocycles. The highest BCUT2D eigenvalue weighted by molar-refractivity contribution is 6.82. The van der Waals surface area contributed by atoms with E-state index in [0.717, 1.165) is 62.2 Å². The molecule has 5 heterocycles. The molecule has 0 radical (unpaired) electrons. The highest BCUT2D eigenvalue weighted by atomic mass is 16.5. The van der Waals surface area contributed by atoms with Gasteiger partial charge in [-0.2, -0.15) is 0 Å². The Morgan fingerprint density at radius 1 is 0.545 bits per heavy atom. The van der Waals surface area contributed by atoms with Crippen LogP contribution in [-0.4, -0.2) is 54.1 Å². The maximum absolute atomic E-state index is 6.70. The zero-order chi connectivity index (χ0) is 37.7. The fourth-order valence-corrected chi connectivity index (χ4v) is 9.32. The van der Waals surface area contributed by atoms with E-state index in [1.54, 1.807) is 0 Å². The van der Waals surface area contributed by atoms with Gasteiger partial charge in [0.05, 0.1) is 28.6 Å². The van der Waals surface area contributed by atoms with Gasteiger partial charge < -0.3 is 23.6 Å². The van der Waals surface area contributed by atoms with E-state index in [1.807, 2.05) is 12.4 Å². The molecule has 55 heavy (non-hydrogen) atoms. The molecule has 2 aliphatic rings. The lowest BCUT2D eigenvalue weighted by atomic mass is 9.60. The van der Waals surface area contributed by atoms with Crippen molar-refractivity contribution >= 4 is 63.8 Å². The quantitative estimate of drug-likeness (QED) is 0.168. The molecule has 0 aliphatic carbocycles. The summed E-state index contributed by atoms with van der Waals surface area (Å²) in [5, 5.41) is 2.32. The lowest BCUT2D eigenvalue weighted by molar-refractivity contribution is 0.483. The lowest BCUT2D eigenvalue weighted by Gasteiger charge is -2.36.